The van der Waals surface area contributed by atoms with Crippen molar-refractivity contribution in [3.05, 3.63) is 18.0 Å². The van der Waals surface area contributed by atoms with E-state index in [1.54, 1.807) is 0 Å². The minimum atomic E-state index is 0.443. The molecule has 1 N–H and O–H groups in total. The predicted octanol–water partition coefficient (Wildman–Crippen LogP) is 2.54. The molecule has 3 unspecified atom stereocenters. The fraction of sp³-hybridized carbons (Fsp3) is 0.812. The number of hydrogen-bond donors (Lipinski definition) is 1. The van der Waals surface area contributed by atoms with Crippen molar-refractivity contribution in [2.45, 2.75) is 58.1 Å². The van der Waals surface area contributed by atoms with E-state index in [-0.39, 0.29) is 0 Å². The van der Waals surface area contributed by atoms with E-state index in [2.05, 4.69) is 30.5 Å². The normalized spacial score (nSPS) is 24.1. The van der Waals surface area contributed by atoms with Crippen molar-refractivity contribution in [1.82, 2.24) is 15.1 Å². The molecule has 0 aromatic carbocycles. The van der Waals surface area contributed by atoms with E-state index in [9.17, 15) is 0 Å². The van der Waals surface area contributed by atoms with Gasteiger partial charge in [-0.05, 0) is 44.2 Å². The van der Waals surface area contributed by atoms with Crippen molar-refractivity contribution in [3.63, 3.8) is 0 Å². The molecule has 20 heavy (non-hydrogen) atoms. The van der Waals surface area contributed by atoms with Crippen LogP contribution in [0.25, 0.3) is 0 Å². The van der Waals surface area contributed by atoms with Crippen LogP contribution in [0.5, 0.6) is 0 Å². The molecule has 114 valence electrons. The molecule has 0 radical (unpaired) electrons. The fourth-order valence-electron chi connectivity index (χ4n) is 3.27. The first-order chi connectivity index (χ1) is 9.74. The van der Waals surface area contributed by atoms with Crippen molar-refractivity contribution >= 4 is 0 Å². The molecule has 1 aromatic heterocycles. The molecule has 1 aliphatic rings. The molecule has 0 bridgehead atoms. The number of rotatable bonds is 8. The molecule has 1 aromatic rings. The SMILES string of the molecule is CCCNC(CCc1cnn(C)c1)C1CCOC1CC. The van der Waals surface area contributed by atoms with Crippen molar-refractivity contribution in [2.75, 3.05) is 13.2 Å². The summed E-state index contributed by atoms with van der Waals surface area (Å²) in [7, 11) is 1.98. The highest BCUT2D eigenvalue weighted by Crippen LogP contribution is 2.28. The number of nitrogens with zero attached hydrogens (tertiary/aromatic N) is 2. The summed E-state index contributed by atoms with van der Waals surface area (Å²) in [5.74, 6) is 0.670. The van der Waals surface area contributed by atoms with Crippen LogP contribution in [-0.4, -0.2) is 35.1 Å². The van der Waals surface area contributed by atoms with Crippen LogP contribution in [0, 0.1) is 5.92 Å². The molecule has 0 spiro atoms. The van der Waals surface area contributed by atoms with E-state index in [0.29, 0.717) is 18.1 Å². The van der Waals surface area contributed by atoms with Gasteiger partial charge in [-0.1, -0.05) is 13.8 Å². The van der Waals surface area contributed by atoms with Crippen LogP contribution in [0.2, 0.25) is 0 Å². The standard InChI is InChI=1S/C16H29N3O/c1-4-9-17-15(14-8-10-20-16(14)5-2)7-6-13-11-18-19(3)12-13/h11-12,14-17H,4-10H2,1-3H3. The molecule has 2 heterocycles. The second-order valence-electron chi connectivity index (χ2n) is 5.89. The molecule has 3 atom stereocenters. The molecule has 2 rings (SSSR count). The van der Waals surface area contributed by atoms with Gasteiger partial charge in [0.15, 0.2) is 0 Å². The topological polar surface area (TPSA) is 39.1 Å². The molecular formula is C16H29N3O. The molecule has 0 saturated carbocycles. The molecule has 4 heteroatoms. The lowest BCUT2D eigenvalue weighted by atomic mass is 9.87. The third-order valence-corrected chi connectivity index (χ3v) is 4.34. The molecule has 4 nitrogen and oxygen atoms in total. The van der Waals surface area contributed by atoms with Crippen molar-refractivity contribution in [3.8, 4) is 0 Å². The summed E-state index contributed by atoms with van der Waals surface area (Å²) in [6.07, 6.45) is 10.3. The van der Waals surface area contributed by atoms with Gasteiger partial charge in [0.25, 0.3) is 0 Å². The molecule has 0 amide bonds. The van der Waals surface area contributed by atoms with Gasteiger partial charge < -0.3 is 10.1 Å². The van der Waals surface area contributed by atoms with E-state index < -0.39 is 0 Å². The van der Waals surface area contributed by atoms with Crippen LogP contribution < -0.4 is 5.32 Å². The summed E-state index contributed by atoms with van der Waals surface area (Å²) in [4.78, 5) is 0. The zero-order valence-electron chi connectivity index (χ0n) is 13.1. The largest absolute Gasteiger partial charge is 0.378 e. The Morgan fingerprint density at radius 2 is 2.35 bits per heavy atom. The lowest BCUT2D eigenvalue weighted by Crippen LogP contribution is -2.40. The molecule has 1 aliphatic heterocycles. The molecular weight excluding hydrogens is 250 g/mol. The monoisotopic (exact) mass is 279 g/mol. The Bertz CT molecular complexity index is 391. The summed E-state index contributed by atoms with van der Waals surface area (Å²) in [6.45, 7) is 6.50. The molecule has 1 fully saturated rings. The molecule has 1 saturated heterocycles. The highest BCUT2D eigenvalue weighted by atomic mass is 16.5. The Labute approximate surface area is 122 Å². The van der Waals surface area contributed by atoms with E-state index in [0.717, 1.165) is 26.0 Å². The highest BCUT2D eigenvalue weighted by Gasteiger charge is 2.32. The third kappa shape index (κ3) is 4.06. The Kier molecular flexibility index (Phi) is 6.05. The second kappa shape index (κ2) is 7.79. The number of aromatic nitrogens is 2. The van der Waals surface area contributed by atoms with E-state index in [1.165, 1.54) is 24.8 Å². The minimum Gasteiger partial charge on any atom is -0.378 e. The fourth-order valence-corrected chi connectivity index (χ4v) is 3.27. The van der Waals surface area contributed by atoms with Crippen LogP contribution in [0.4, 0.5) is 0 Å². The van der Waals surface area contributed by atoms with Crippen molar-refractivity contribution < 1.29 is 4.74 Å². The maximum Gasteiger partial charge on any atom is 0.0616 e. The maximum absolute atomic E-state index is 5.88. The van der Waals surface area contributed by atoms with Gasteiger partial charge in [0, 0.05) is 31.8 Å². The van der Waals surface area contributed by atoms with Gasteiger partial charge in [-0.25, -0.2) is 0 Å². The average molecular weight is 279 g/mol. The predicted molar refractivity (Wildman–Crippen MR) is 81.7 cm³/mol. The minimum absolute atomic E-state index is 0.443. The number of aryl methyl sites for hydroxylation is 2. The first-order valence-electron chi connectivity index (χ1n) is 8.07. The number of hydrogen-bond acceptors (Lipinski definition) is 3. The van der Waals surface area contributed by atoms with Gasteiger partial charge in [-0.2, -0.15) is 5.10 Å². The van der Waals surface area contributed by atoms with Gasteiger partial charge in [-0.3, -0.25) is 4.68 Å². The Morgan fingerprint density at radius 1 is 1.50 bits per heavy atom. The Morgan fingerprint density at radius 3 is 3.00 bits per heavy atom. The van der Waals surface area contributed by atoms with E-state index in [1.807, 2.05) is 17.9 Å². The van der Waals surface area contributed by atoms with Crippen LogP contribution in [0.3, 0.4) is 0 Å². The summed E-state index contributed by atoms with van der Waals surface area (Å²) in [5, 5.41) is 8.00. The third-order valence-electron chi connectivity index (χ3n) is 4.34. The van der Waals surface area contributed by atoms with Gasteiger partial charge in [0.2, 0.25) is 0 Å². The van der Waals surface area contributed by atoms with E-state index in [4.69, 9.17) is 4.74 Å². The summed E-state index contributed by atoms with van der Waals surface area (Å²) in [6, 6.07) is 0.572. The Hall–Kier alpha value is -0.870. The first kappa shape index (κ1) is 15.5. The summed E-state index contributed by atoms with van der Waals surface area (Å²) >= 11 is 0. The van der Waals surface area contributed by atoms with Gasteiger partial charge in [0.1, 0.15) is 0 Å². The Balaban J connectivity index is 1.92. The van der Waals surface area contributed by atoms with Crippen LogP contribution in [-0.2, 0) is 18.2 Å². The van der Waals surface area contributed by atoms with Gasteiger partial charge >= 0.3 is 0 Å². The highest BCUT2D eigenvalue weighted by molar-refractivity contribution is 5.04. The number of nitrogens with one attached hydrogen (secondary N) is 1. The summed E-state index contributed by atoms with van der Waals surface area (Å²) in [5.41, 5.74) is 1.34. The van der Waals surface area contributed by atoms with Crippen LogP contribution >= 0.6 is 0 Å². The lowest BCUT2D eigenvalue weighted by Gasteiger charge is -2.28. The summed E-state index contributed by atoms with van der Waals surface area (Å²) < 4.78 is 7.76. The second-order valence-corrected chi connectivity index (χ2v) is 5.89. The first-order valence-corrected chi connectivity index (χ1v) is 8.07. The van der Waals surface area contributed by atoms with Crippen molar-refractivity contribution in [1.29, 1.82) is 0 Å². The van der Waals surface area contributed by atoms with Crippen LogP contribution in [0.15, 0.2) is 12.4 Å². The van der Waals surface area contributed by atoms with Gasteiger partial charge in [0.05, 0.1) is 12.3 Å². The quantitative estimate of drug-likeness (QED) is 0.795. The maximum atomic E-state index is 5.88. The van der Waals surface area contributed by atoms with Crippen LogP contribution in [0.1, 0.15) is 45.1 Å². The zero-order chi connectivity index (χ0) is 14.4. The molecule has 0 aliphatic carbocycles. The lowest BCUT2D eigenvalue weighted by molar-refractivity contribution is 0.0765. The number of ether oxygens (including phenoxy) is 1. The van der Waals surface area contributed by atoms with Gasteiger partial charge in [-0.15, -0.1) is 0 Å². The zero-order valence-corrected chi connectivity index (χ0v) is 13.1. The van der Waals surface area contributed by atoms with E-state index >= 15 is 0 Å². The van der Waals surface area contributed by atoms with Crippen molar-refractivity contribution in [2.24, 2.45) is 13.0 Å². The smallest absolute Gasteiger partial charge is 0.0616 e. The average Bonchev–Trinajstić information content (AvgIpc) is 3.07.